The molecule has 0 fully saturated rings. The Balaban J connectivity index is 2.82. The molecule has 0 aliphatic rings. The second-order valence-electron chi connectivity index (χ2n) is 1.24. The van der Waals surface area contributed by atoms with Crippen LogP contribution >= 0.6 is 24.4 Å². The molecule has 0 spiro atoms. The zero-order valence-corrected chi connectivity index (χ0v) is 6.19. The van der Waals surface area contributed by atoms with E-state index in [1.165, 1.54) is 6.42 Å². The van der Waals surface area contributed by atoms with Crippen molar-refractivity contribution in [2.45, 2.75) is 13.3 Å². The minimum atomic E-state index is 0.918. The second kappa shape index (κ2) is 4.60. The molecule has 0 N–H and O–H groups in total. The summed E-state index contributed by atoms with van der Waals surface area (Å²) < 4.78 is 0.918. The van der Waals surface area contributed by atoms with Crippen LogP contribution in [-0.4, -0.2) is 5.75 Å². The topological polar surface area (TPSA) is 0 Å². The Morgan fingerprint density at radius 3 is 2.57 bits per heavy atom. The van der Waals surface area contributed by atoms with Crippen molar-refractivity contribution in [1.82, 2.24) is 0 Å². The van der Waals surface area contributed by atoms with Gasteiger partial charge in [-0.05, 0) is 12.2 Å². The van der Waals surface area contributed by atoms with Gasteiger partial charge in [-0.15, -0.1) is 24.4 Å². The van der Waals surface area contributed by atoms with Gasteiger partial charge in [0.05, 0.1) is 0 Å². The van der Waals surface area contributed by atoms with Gasteiger partial charge in [0.15, 0.2) is 0 Å². The molecule has 0 unspecified atom stereocenters. The molecule has 2 heteroatoms. The third-order valence-electron chi connectivity index (χ3n) is 0.473. The van der Waals surface area contributed by atoms with Gasteiger partial charge in [-0.2, -0.15) is 0 Å². The van der Waals surface area contributed by atoms with Crippen molar-refractivity contribution >= 4 is 24.4 Å². The van der Waals surface area contributed by atoms with Gasteiger partial charge in [0, 0.05) is 4.24 Å². The van der Waals surface area contributed by atoms with Crippen LogP contribution in [0.4, 0.5) is 0 Å². The van der Waals surface area contributed by atoms with Crippen molar-refractivity contribution in [1.29, 1.82) is 0 Å². The summed E-state index contributed by atoms with van der Waals surface area (Å²) in [7, 11) is 0. The van der Waals surface area contributed by atoms with E-state index in [2.05, 4.69) is 26.1 Å². The number of thioether (sulfide) groups is 1. The standard InChI is InChI=1S/C5H10S2/c1-3-4-7-5(2)6/h6H,2-4H2,1H3. The second-order valence-corrected chi connectivity index (χ2v) is 3.27. The van der Waals surface area contributed by atoms with Crippen molar-refractivity contribution in [3.63, 3.8) is 0 Å². The van der Waals surface area contributed by atoms with Crippen LogP contribution in [0, 0.1) is 0 Å². The number of hydrogen-bond donors (Lipinski definition) is 1. The Morgan fingerprint density at radius 2 is 2.43 bits per heavy atom. The molecule has 0 atom stereocenters. The summed E-state index contributed by atoms with van der Waals surface area (Å²) in [5.74, 6) is 1.14. The summed E-state index contributed by atoms with van der Waals surface area (Å²) in [4.78, 5) is 0. The van der Waals surface area contributed by atoms with Gasteiger partial charge >= 0.3 is 0 Å². The van der Waals surface area contributed by atoms with Gasteiger partial charge in [-0.25, -0.2) is 0 Å². The van der Waals surface area contributed by atoms with Crippen LogP contribution in [0.3, 0.4) is 0 Å². The van der Waals surface area contributed by atoms with Crippen LogP contribution in [0.25, 0.3) is 0 Å². The Hall–Kier alpha value is 0.440. The summed E-state index contributed by atoms with van der Waals surface area (Å²) >= 11 is 5.70. The highest BCUT2D eigenvalue weighted by molar-refractivity contribution is 8.15. The Kier molecular flexibility index (Phi) is 4.88. The first-order chi connectivity index (χ1) is 3.27. The molecule has 0 amide bonds. The van der Waals surface area contributed by atoms with Crippen LogP contribution in [0.2, 0.25) is 0 Å². The molecule has 7 heavy (non-hydrogen) atoms. The molecule has 0 aromatic rings. The van der Waals surface area contributed by atoms with Crippen LogP contribution in [0.1, 0.15) is 13.3 Å². The highest BCUT2D eigenvalue weighted by Gasteiger charge is 1.82. The first kappa shape index (κ1) is 7.44. The van der Waals surface area contributed by atoms with E-state index in [9.17, 15) is 0 Å². The molecule has 42 valence electrons. The van der Waals surface area contributed by atoms with E-state index >= 15 is 0 Å². The highest BCUT2D eigenvalue weighted by atomic mass is 32.2. The quantitative estimate of drug-likeness (QED) is 0.579. The average Bonchev–Trinajstić information content (AvgIpc) is 1.61. The molecule has 0 saturated heterocycles. The van der Waals surface area contributed by atoms with Crippen LogP contribution < -0.4 is 0 Å². The predicted molar refractivity (Wildman–Crippen MR) is 40.9 cm³/mol. The summed E-state index contributed by atoms with van der Waals surface area (Å²) in [6.07, 6.45) is 1.20. The van der Waals surface area contributed by atoms with Gasteiger partial charge in [-0.1, -0.05) is 13.5 Å². The fraction of sp³-hybridized carbons (Fsp3) is 0.600. The van der Waals surface area contributed by atoms with E-state index in [1.54, 1.807) is 11.8 Å². The maximum absolute atomic E-state index is 4.00. The maximum Gasteiger partial charge on any atom is 0.0297 e. The van der Waals surface area contributed by atoms with Gasteiger partial charge in [0.2, 0.25) is 0 Å². The molecule has 0 radical (unpaired) electrons. The predicted octanol–water partition coefficient (Wildman–Crippen LogP) is 2.53. The first-order valence-corrected chi connectivity index (χ1v) is 3.71. The van der Waals surface area contributed by atoms with Crippen molar-refractivity contribution in [2.75, 3.05) is 5.75 Å². The summed E-state index contributed by atoms with van der Waals surface area (Å²) in [6, 6.07) is 0. The number of thiol groups is 1. The lowest BCUT2D eigenvalue weighted by atomic mass is 10.6. The minimum Gasteiger partial charge on any atom is -0.137 e. The molecule has 0 heterocycles. The van der Waals surface area contributed by atoms with Gasteiger partial charge < -0.3 is 0 Å². The van der Waals surface area contributed by atoms with Gasteiger partial charge in [-0.3, -0.25) is 0 Å². The Labute approximate surface area is 54.8 Å². The van der Waals surface area contributed by atoms with Crippen molar-refractivity contribution < 1.29 is 0 Å². The molecule has 0 nitrogen and oxygen atoms in total. The van der Waals surface area contributed by atoms with Crippen molar-refractivity contribution in [3.8, 4) is 0 Å². The van der Waals surface area contributed by atoms with Gasteiger partial charge in [0.25, 0.3) is 0 Å². The van der Waals surface area contributed by atoms with E-state index in [-0.39, 0.29) is 0 Å². The third kappa shape index (κ3) is 6.44. The molecule has 0 saturated carbocycles. The van der Waals surface area contributed by atoms with Crippen LogP contribution in [0.5, 0.6) is 0 Å². The molecule has 0 aromatic carbocycles. The molecular weight excluding hydrogens is 124 g/mol. The van der Waals surface area contributed by atoms with Crippen molar-refractivity contribution in [3.05, 3.63) is 10.8 Å². The average molecular weight is 134 g/mol. The molecule has 0 aromatic heterocycles. The monoisotopic (exact) mass is 134 g/mol. The summed E-state index contributed by atoms with van der Waals surface area (Å²) in [6.45, 7) is 5.76. The zero-order chi connectivity index (χ0) is 5.70. The van der Waals surface area contributed by atoms with Crippen molar-refractivity contribution in [2.24, 2.45) is 0 Å². The molecule has 0 aliphatic carbocycles. The fourth-order valence-electron chi connectivity index (χ4n) is 0.220. The van der Waals surface area contributed by atoms with E-state index in [1.807, 2.05) is 0 Å². The fourth-order valence-corrected chi connectivity index (χ4v) is 0.933. The maximum atomic E-state index is 4.00. The number of hydrogen-bond acceptors (Lipinski definition) is 2. The molecule has 0 aliphatic heterocycles. The van der Waals surface area contributed by atoms with Crippen LogP contribution in [0.15, 0.2) is 10.8 Å². The van der Waals surface area contributed by atoms with E-state index in [0.717, 1.165) is 9.99 Å². The van der Waals surface area contributed by atoms with Gasteiger partial charge in [0.1, 0.15) is 0 Å². The highest BCUT2D eigenvalue weighted by Crippen LogP contribution is 2.16. The van der Waals surface area contributed by atoms with E-state index in [4.69, 9.17) is 0 Å². The number of rotatable bonds is 3. The van der Waals surface area contributed by atoms with E-state index in [0.29, 0.717) is 0 Å². The smallest absolute Gasteiger partial charge is 0.0297 e. The summed E-state index contributed by atoms with van der Waals surface area (Å²) in [5.41, 5.74) is 0. The normalized spacial score (nSPS) is 8.86. The first-order valence-electron chi connectivity index (χ1n) is 2.28. The molecular formula is C5H10S2. The Bertz CT molecular complexity index is 59.1. The van der Waals surface area contributed by atoms with Crippen LogP contribution in [-0.2, 0) is 0 Å². The minimum absolute atomic E-state index is 0.918. The largest absolute Gasteiger partial charge is 0.137 e. The lowest BCUT2D eigenvalue weighted by molar-refractivity contribution is 1.11. The van der Waals surface area contributed by atoms with E-state index < -0.39 is 0 Å². The Morgan fingerprint density at radius 1 is 1.86 bits per heavy atom. The molecule has 0 bridgehead atoms. The zero-order valence-electron chi connectivity index (χ0n) is 4.48. The summed E-state index contributed by atoms with van der Waals surface area (Å²) in [5, 5.41) is 0. The lowest BCUT2D eigenvalue weighted by Gasteiger charge is -1.90. The third-order valence-corrected chi connectivity index (χ3v) is 1.81. The SMILES string of the molecule is C=C(S)SCCC. The lowest BCUT2D eigenvalue weighted by Crippen LogP contribution is -1.68. The molecule has 0 rings (SSSR count).